The molecule has 0 fully saturated rings. The van der Waals surface area contributed by atoms with Crippen molar-refractivity contribution in [3.63, 3.8) is 0 Å². The third-order valence-corrected chi connectivity index (χ3v) is 3.22. The van der Waals surface area contributed by atoms with Crippen LogP contribution in [0.1, 0.15) is 45.2 Å². The van der Waals surface area contributed by atoms with Gasteiger partial charge in [0.2, 0.25) is 0 Å². The van der Waals surface area contributed by atoms with E-state index in [9.17, 15) is 4.79 Å². The van der Waals surface area contributed by atoms with Crippen molar-refractivity contribution in [2.24, 2.45) is 0 Å². The Morgan fingerprint density at radius 1 is 1.32 bits per heavy atom. The third-order valence-electron chi connectivity index (χ3n) is 2.97. The van der Waals surface area contributed by atoms with Crippen LogP contribution in [0.2, 0.25) is 5.02 Å². The van der Waals surface area contributed by atoms with Crippen LogP contribution in [0.4, 0.5) is 0 Å². The van der Waals surface area contributed by atoms with Crippen LogP contribution in [-0.2, 0) is 9.53 Å². The SMILES string of the molecule is CCCC(NC(C)c1ccc(Cl)cc1)C(=O)OCC. The second kappa shape index (κ2) is 8.18. The first-order valence-corrected chi connectivity index (χ1v) is 7.14. The molecule has 0 radical (unpaired) electrons. The Kier molecular flexibility index (Phi) is 6.89. The Balaban J connectivity index is 2.67. The molecule has 1 aromatic carbocycles. The van der Waals surface area contributed by atoms with E-state index in [0.717, 1.165) is 18.4 Å². The van der Waals surface area contributed by atoms with Crippen LogP contribution in [0.25, 0.3) is 0 Å². The van der Waals surface area contributed by atoms with E-state index in [1.54, 1.807) is 0 Å². The molecular weight excluding hydrogens is 262 g/mol. The van der Waals surface area contributed by atoms with Crippen molar-refractivity contribution in [3.05, 3.63) is 34.9 Å². The Bertz CT molecular complexity index is 392. The summed E-state index contributed by atoms with van der Waals surface area (Å²) in [6.07, 6.45) is 1.71. The lowest BCUT2D eigenvalue weighted by Gasteiger charge is -2.22. The van der Waals surface area contributed by atoms with Gasteiger partial charge in [0, 0.05) is 11.1 Å². The van der Waals surface area contributed by atoms with Crippen LogP contribution in [0, 0.1) is 0 Å². The third kappa shape index (κ3) is 5.21. The summed E-state index contributed by atoms with van der Waals surface area (Å²) in [6.45, 7) is 6.32. The first-order valence-electron chi connectivity index (χ1n) is 6.76. The Hall–Kier alpha value is -1.06. The number of hydrogen-bond donors (Lipinski definition) is 1. The summed E-state index contributed by atoms with van der Waals surface area (Å²) in [5.74, 6) is -0.176. The summed E-state index contributed by atoms with van der Waals surface area (Å²) in [7, 11) is 0. The molecule has 2 unspecified atom stereocenters. The molecule has 0 heterocycles. The number of rotatable bonds is 7. The Morgan fingerprint density at radius 3 is 2.47 bits per heavy atom. The summed E-state index contributed by atoms with van der Waals surface area (Å²) >= 11 is 5.87. The Morgan fingerprint density at radius 2 is 1.95 bits per heavy atom. The van der Waals surface area contributed by atoms with E-state index < -0.39 is 0 Å². The average molecular weight is 284 g/mol. The van der Waals surface area contributed by atoms with Crippen molar-refractivity contribution >= 4 is 17.6 Å². The average Bonchev–Trinajstić information content (AvgIpc) is 2.39. The lowest BCUT2D eigenvalue weighted by molar-refractivity contribution is -0.146. The van der Waals surface area contributed by atoms with Gasteiger partial charge in [-0.1, -0.05) is 37.1 Å². The topological polar surface area (TPSA) is 38.3 Å². The minimum Gasteiger partial charge on any atom is -0.465 e. The van der Waals surface area contributed by atoms with E-state index in [4.69, 9.17) is 16.3 Å². The van der Waals surface area contributed by atoms with Gasteiger partial charge < -0.3 is 4.74 Å². The quantitative estimate of drug-likeness (QED) is 0.775. The number of halogens is 1. The van der Waals surface area contributed by atoms with Gasteiger partial charge >= 0.3 is 5.97 Å². The van der Waals surface area contributed by atoms with Crippen molar-refractivity contribution in [3.8, 4) is 0 Å². The summed E-state index contributed by atoms with van der Waals surface area (Å²) < 4.78 is 5.09. The van der Waals surface area contributed by atoms with Gasteiger partial charge in [-0.05, 0) is 38.0 Å². The smallest absolute Gasteiger partial charge is 0.323 e. The highest BCUT2D eigenvalue weighted by Gasteiger charge is 2.21. The number of carbonyl (C=O) groups excluding carboxylic acids is 1. The van der Waals surface area contributed by atoms with E-state index in [-0.39, 0.29) is 18.1 Å². The number of esters is 1. The normalized spacial score (nSPS) is 13.9. The molecule has 0 aliphatic rings. The van der Waals surface area contributed by atoms with Crippen molar-refractivity contribution < 1.29 is 9.53 Å². The van der Waals surface area contributed by atoms with E-state index in [2.05, 4.69) is 12.2 Å². The molecule has 1 rings (SSSR count). The van der Waals surface area contributed by atoms with Gasteiger partial charge in [-0.25, -0.2) is 0 Å². The van der Waals surface area contributed by atoms with Gasteiger partial charge in [-0.15, -0.1) is 0 Å². The van der Waals surface area contributed by atoms with Gasteiger partial charge in [0.1, 0.15) is 6.04 Å². The van der Waals surface area contributed by atoms with Gasteiger partial charge in [0.15, 0.2) is 0 Å². The zero-order valence-corrected chi connectivity index (χ0v) is 12.5. The molecule has 0 aliphatic carbocycles. The molecule has 0 bridgehead atoms. The van der Waals surface area contributed by atoms with E-state index in [1.807, 2.05) is 38.1 Å². The minimum atomic E-state index is -0.254. The van der Waals surface area contributed by atoms with Gasteiger partial charge in [0.05, 0.1) is 6.61 Å². The maximum atomic E-state index is 11.8. The molecular formula is C15H22ClNO2. The lowest BCUT2D eigenvalue weighted by atomic mass is 10.1. The summed E-state index contributed by atoms with van der Waals surface area (Å²) in [4.78, 5) is 11.8. The number of benzene rings is 1. The number of nitrogens with one attached hydrogen (secondary N) is 1. The highest BCUT2D eigenvalue weighted by molar-refractivity contribution is 6.30. The van der Waals surface area contributed by atoms with E-state index in [1.165, 1.54) is 0 Å². The Labute approximate surface area is 120 Å². The first kappa shape index (κ1) is 16.0. The van der Waals surface area contributed by atoms with Gasteiger partial charge in [-0.3, -0.25) is 10.1 Å². The monoisotopic (exact) mass is 283 g/mol. The van der Waals surface area contributed by atoms with Gasteiger partial charge in [0.25, 0.3) is 0 Å². The van der Waals surface area contributed by atoms with Crippen molar-refractivity contribution in [2.75, 3.05) is 6.61 Å². The second-order valence-electron chi connectivity index (χ2n) is 4.53. The van der Waals surface area contributed by atoms with Gasteiger partial charge in [-0.2, -0.15) is 0 Å². The van der Waals surface area contributed by atoms with E-state index in [0.29, 0.717) is 11.6 Å². The largest absolute Gasteiger partial charge is 0.465 e. The fraction of sp³-hybridized carbons (Fsp3) is 0.533. The molecule has 4 heteroatoms. The second-order valence-corrected chi connectivity index (χ2v) is 4.97. The zero-order valence-electron chi connectivity index (χ0n) is 11.8. The van der Waals surface area contributed by atoms with Crippen molar-refractivity contribution in [2.45, 2.75) is 45.7 Å². The van der Waals surface area contributed by atoms with Crippen LogP contribution in [0.15, 0.2) is 24.3 Å². The molecule has 1 N–H and O–H groups in total. The molecule has 3 nitrogen and oxygen atoms in total. The molecule has 0 saturated heterocycles. The molecule has 0 aromatic heterocycles. The first-order chi connectivity index (χ1) is 9.08. The van der Waals surface area contributed by atoms with Crippen LogP contribution in [-0.4, -0.2) is 18.6 Å². The fourth-order valence-electron chi connectivity index (χ4n) is 1.95. The molecule has 106 valence electrons. The predicted octanol–water partition coefficient (Wildman–Crippen LogP) is 3.72. The van der Waals surface area contributed by atoms with Crippen LogP contribution in [0.3, 0.4) is 0 Å². The maximum Gasteiger partial charge on any atom is 0.323 e. The lowest BCUT2D eigenvalue weighted by Crippen LogP contribution is -2.39. The standard InChI is InChI=1S/C15H22ClNO2/c1-4-6-14(15(18)19-5-2)17-11(3)12-7-9-13(16)10-8-12/h7-11,14,17H,4-6H2,1-3H3. The minimum absolute atomic E-state index is 0.0817. The van der Waals surface area contributed by atoms with Crippen molar-refractivity contribution in [1.29, 1.82) is 0 Å². The summed E-state index contributed by atoms with van der Waals surface area (Å²) in [6, 6.07) is 7.47. The van der Waals surface area contributed by atoms with Crippen molar-refractivity contribution in [1.82, 2.24) is 5.32 Å². The van der Waals surface area contributed by atoms with E-state index >= 15 is 0 Å². The van der Waals surface area contributed by atoms with Crippen LogP contribution >= 0.6 is 11.6 Å². The fourth-order valence-corrected chi connectivity index (χ4v) is 2.08. The summed E-state index contributed by atoms with van der Waals surface area (Å²) in [5.41, 5.74) is 1.11. The molecule has 0 amide bonds. The highest BCUT2D eigenvalue weighted by atomic mass is 35.5. The summed E-state index contributed by atoms with van der Waals surface area (Å²) in [5, 5.41) is 4.03. The number of ether oxygens (including phenoxy) is 1. The number of hydrogen-bond acceptors (Lipinski definition) is 3. The molecule has 0 saturated carbocycles. The zero-order chi connectivity index (χ0) is 14.3. The molecule has 19 heavy (non-hydrogen) atoms. The molecule has 1 aromatic rings. The predicted molar refractivity (Wildman–Crippen MR) is 78.3 cm³/mol. The number of carbonyl (C=O) groups is 1. The van der Waals surface area contributed by atoms with Crippen LogP contribution in [0.5, 0.6) is 0 Å². The van der Waals surface area contributed by atoms with Crippen LogP contribution < -0.4 is 5.32 Å². The highest BCUT2D eigenvalue weighted by Crippen LogP contribution is 2.17. The molecule has 2 atom stereocenters. The molecule has 0 spiro atoms. The maximum absolute atomic E-state index is 11.8. The molecule has 0 aliphatic heterocycles.